The number of carbonyl (C=O) groups is 2. The van der Waals surface area contributed by atoms with Gasteiger partial charge in [-0.2, -0.15) is 0 Å². The number of nitrogens with zero attached hydrogens (tertiary/aromatic N) is 1. The largest absolute Gasteiger partial charge is 0.387 e. The van der Waals surface area contributed by atoms with Crippen molar-refractivity contribution in [2.45, 2.75) is 74.6 Å². The van der Waals surface area contributed by atoms with E-state index in [-0.39, 0.29) is 50.8 Å². The van der Waals surface area contributed by atoms with E-state index >= 15 is 0 Å². The van der Waals surface area contributed by atoms with Crippen LogP contribution in [-0.2, 0) is 51.1 Å². The highest BCUT2D eigenvalue weighted by atomic mass is 16.7. The lowest BCUT2D eigenvalue weighted by atomic mass is 9.94. The Morgan fingerprint density at radius 1 is 0.667 bits per heavy atom. The van der Waals surface area contributed by atoms with E-state index in [1.54, 1.807) is 30.3 Å². The van der Waals surface area contributed by atoms with E-state index in [9.17, 15) is 19.8 Å². The molecule has 0 spiro atoms. The van der Waals surface area contributed by atoms with Crippen molar-refractivity contribution in [2.24, 2.45) is 0 Å². The van der Waals surface area contributed by atoms with Gasteiger partial charge < -0.3 is 48.1 Å². The summed E-state index contributed by atoms with van der Waals surface area (Å²) in [6, 6.07) is 24.3. The maximum atomic E-state index is 14.0. The van der Waals surface area contributed by atoms with E-state index in [4.69, 9.17) is 37.9 Å². The van der Waals surface area contributed by atoms with Crippen LogP contribution in [0.15, 0.2) is 110 Å². The van der Waals surface area contributed by atoms with Gasteiger partial charge in [-0.15, -0.1) is 13.2 Å². The van der Waals surface area contributed by atoms with Crippen molar-refractivity contribution in [3.05, 3.63) is 132 Å². The molecule has 2 N–H and O–H groups in total. The third-order valence-corrected chi connectivity index (χ3v) is 9.51. The average Bonchev–Trinajstić information content (AvgIpc) is 3.45. The molecular weight excluding hydrogens is 698 g/mol. The monoisotopic (exact) mass is 745 g/mol. The van der Waals surface area contributed by atoms with Gasteiger partial charge in [0.15, 0.2) is 12.6 Å². The first kappa shape index (κ1) is 39.6. The first-order chi connectivity index (χ1) is 26.4. The van der Waals surface area contributed by atoms with Crippen molar-refractivity contribution < 1.29 is 57.7 Å². The molecule has 0 saturated carbocycles. The van der Waals surface area contributed by atoms with Gasteiger partial charge in [0.1, 0.15) is 48.8 Å². The van der Waals surface area contributed by atoms with E-state index in [1.165, 1.54) is 13.2 Å². The summed E-state index contributed by atoms with van der Waals surface area (Å²) in [7, 11) is 1.41. The minimum Gasteiger partial charge on any atom is -0.387 e. The second-order valence-corrected chi connectivity index (χ2v) is 13.1. The molecule has 6 rings (SSSR count). The molecule has 0 aliphatic carbocycles. The van der Waals surface area contributed by atoms with Gasteiger partial charge in [0, 0.05) is 7.11 Å². The number of hydrogen-bond acceptors (Lipinski definition) is 12. The fourth-order valence-corrected chi connectivity index (χ4v) is 6.91. The summed E-state index contributed by atoms with van der Waals surface area (Å²) in [5, 5.41) is 22.9. The topological polar surface area (TPSA) is 152 Å². The zero-order valence-electron chi connectivity index (χ0n) is 30.1. The van der Waals surface area contributed by atoms with Crippen LogP contribution in [0.3, 0.4) is 0 Å². The lowest BCUT2D eigenvalue weighted by Crippen LogP contribution is -2.69. The number of rotatable bonds is 18. The molecule has 13 heteroatoms. The zero-order chi connectivity index (χ0) is 38.0. The van der Waals surface area contributed by atoms with Crippen molar-refractivity contribution in [2.75, 3.05) is 33.5 Å². The van der Waals surface area contributed by atoms with Crippen molar-refractivity contribution in [1.29, 1.82) is 0 Å². The minimum absolute atomic E-state index is 0.0222. The molecule has 3 aromatic rings. The highest BCUT2D eigenvalue weighted by molar-refractivity contribution is 6.21. The summed E-state index contributed by atoms with van der Waals surface area (Å²) in [5.41, 5.74) is 2.19. The smallest absolute Gasteiger partial charge is 0.262 e. The van der Waals surface area contributed by atoms with Gasteiger partial charge in [0.05, 0.1) is 50.8 Å². The average molecular weight is 746 g/mol. The molecule has 2 saturated heterocycles. The van der Waals surface area contributed by atoms with E-state index in [1.807, 2.05) is 60.7 Å². The van der Waals surface area contributed by atoms with Gasteiger partial charge in [-0.25, -0.2) is 0 Å². The Morgan fingerprint density at radius 3 is 1.85 bits per heavy atom. The quantitative estimate of drug-likeness (QED) is 0.112. The number of aliphatic hydroxyl groups is 2. The number of fused-ring (bicyclic) bond motifs is 1. The Labute approximate surface area is 314 Å². The van der Waals surface area contributed by atoms with Crippen molar-refractivity contribution >= 4 is 11.8 Å². The molecule has 0 aromatic heterocycles. The maximum Gasteiger partial charge on any atom is 0.262 e. The molecule has 3 aromatic carbocycles. The number of ether oxygens (including phenoxy) is 8. The van der Waals surface area contributed by atoms with Gasteiger partial charge in [-0.3, -0.25) is 14.5 Å². The SMILES string of the molecule is C=CCOC[C@H]1O[C@@H](O[C@H]2[C@H](OCc3ccccc3)[C@@H](N3C(=O)c4ccccc4C3=O)[C@H](OC)O[C@@H]2COCc2ccccc2)[C@H](O)[C@@H](OCC=C)[C@H]1O. The van der Waals surface area contributed by atoms with Crippen LogP contribution in [0.4, 0.5) is 0 Å². The van der Waals surface area contributed by atoms with Crippen molar-refractivity contribution in [1.82, 2.24) is 4.90 Å². The van der Waals surface area contributed by atoms with Gasteiger partial charge in [0.2, 0.25) is 0 Å². The minimum atomic E-state index is -1.52. The van der Waals surface area contributed by atoms with Crippen LogP contribution >= 0.6 is 0 Å². The Bertz CT molecular complexity index is 1660. The van der Waals surface area contributed by atoms with Crippen LogP contribution in [0.25, 0.3) is 0 Å². The van der Waals surface area contributed by atoms with E-state index in [2.05, 4.69) is 13.2 Å². The normalized spacial score (nSPS) is 29.6. The molecule has 3 heterocycles. The summed E-state index contributed by atoms with van der Waals surface area (Å²) in [6.07, 6.45) is -7.77. The Morgan fingerprint density at radius 2 is 1.24 bits per heavy atom. The Kier molecular flexibility index (Phi) is 13.9. The summed E-state index contributed by atoms with van der Waals surface area (Å²) < 4.78 is 49.6. The predicted octanol–water partition coefficient (Wildman–Crippen LogP) is 3.43. The number of benzene rings is 3. The van der Waals surface area contributed by atoms with Crippen LogP contribution in [0.5, 0.6) is 0 Å². The molecule has 288 valence electrons. The van der Waals surface area contributed by atoms with E-state index < -0.39 is 73.2 Å². The summed E-state index contributed by atoms with van der Waals surface area (Å²) in [6.45, 7) is 7.73. The first-order valence-corrected chi connectivity index (χ1v) is 17.9. The number of imide groups is 1. The molecule has 2 amide bonds. The second kappa shape index (κ2) is 19.0. The highest BCUT2D eigenvalue weighted by Crippen LogP contribution is 2.37. The number of hydrogen-bond donors (Lipinski definition) is 2. The Balaban J connectivity index is 1.38. The fourth-order valence-electron chi connectivity index (χ4n) is 6.91. The molecule has 0 unspecified atom stereocenters. The number of carbonyl (C=O) groups excluding carboxylic acids is 2. The van der Waals surface area contributed by atoms with Crippen LogP contribution in [0.2, 0.25) is 0 Å². The number of amides is 2. The fraction of sp³-hybridized carbons (Fsp3) is 0.415. The molecular formula is C41H47NO12. The van der Waals surface area contributed by atoms with Gasteiger partial charge in [0.25, 0.3) is 11.8 Å². The lowest BCUT2D eigenvalue weighted by molar-refractivity contribution is -0.357. The van der Waals surface area contributed by atoms with Crippen molar-refractivity contribution in [3.63, 3.8) is 0 Å². The molecule has 0 bridgehead atoms. The lowest BCUT2D eigenvalue weighted by Gasteiger charge is -2.50. The van der Waals surface area contributed by atoms with Gasteiger partial charge >= 0.3 is 0 Å². The standard InChI is InChI=1S/C41H47NO12/c1-4-20-48-24-30-33(43)37(50-21-5-2)34(44)41(52-30)54-35-31(25-49-22-26-14-8-6-9-15-26)53-40(47-3)32(36(35)51-23-27-16-10-7-11-17-27)42-38(45)28-18-12-13-19-29(28)39(42)46/h4-19,30-37,40-41,43-44H,1-2,20-25H2,3H3/t30-,31-,32-,33+,34-,35-,36-,37+,40-,41+/m1/s1. The van der Waals surface area contributed by atoms with E-state index in [0.29, 0.717) is 0 Å². The molecule has 10 atom stereocenters. The number of methoxy groups -OCH3 is 1. The first-order valence-electron chi connectivity index (χ1n) is 17.9. The molecule has 13 nitrogen and oxygen atoms in total. The molecule has 3 aliphatic rings. The Hall–Kier alpha value is -4.12. The zero-order valence-corrected chi connectivity index (χ0v) is 30.1. The third-order valence-electron chi connectivity index (χ3n) is 9.51. The molecule has 2 fully saturated rings. The van der Waals surface area contributed by atoms with Crippen LogP contribution in [-0.4, -0.2) is 122 Å². The number of aliphatic hydroxyl groups excluding tert-OH is 2. The predicted molar refractivity (Wildman–Crippen MR) is 194 cm³/mol. The summed E-state index contributed by atoms with van der Waals surface area (Å²) in [4.78, 5) is 29.2. The van der Waals surface area contributed by atoms with Crippen molar-refractivity contribution in [3.8, 4) is 0 Å². The van der Waals surface area contributed by atoms with Crippen LogP contribution < -0.4 is 0 Å². The summed E-state index contributed by atoms with van der Waals surface area (Å²) >= 11 is 0. The van der Waals surface area contributed by atoms with E-state index in [0.717, 1.165) is 16.0 Å². The summed E-state index contributed by atoms with van der Waals surface area (Å²) in [5.74, 6) is -1.10. The maximum absolute atomic E-state index is 14.0. The van der Waals surface area contributed by atoms with Gasteiger partial charge in [-0.05, 0) is 23.3 Å². The second-order valence-electron chi connectivity index (χ2n) is 13.1. The van der Waals surface area contributed by atoms with Gasteiger partial charge in [-0.1, -0.05) is 84.9 Å². The molecule has 3 aliphatic heterocycles. The highest BCUT2D eigenvalue weighted by Gasteiger charge is 2.57. The third kappa shape index (κ3) is 8.88. The van der Waals surface area contributed by atoms with Crippen LogP contribution in [0, 0.1) is 0 Å². The molecule has 54 heavy (non-hydrogen) atoms. The van der Waals surface area contributed by atoms with Crippen LogP contribution in [0.1, 0.15) is 31.8 Å². The molecule has 0 radical (unpaired) electrons.